The Bertz CT molecular complexity index is 902. The van der Waals surface area contributed by atoms with Crippen LogP contribution >= 0.6 is 0 Å². The molecule has 0 aliphatic rings. The molecule has 0 saturated carbocycles. The molecule has 0 fully saturated rings. The van der Waals surface area contributed by atoms with Crippen LogP contribution in [0.15, 0.2) is 53.7 Å². The van der Waals surface area contributed by atoms with Crippen LogP contribution in [0.1, 0.15) is 5.56 Å². The monoisotopic (exact) mass is 325 g/mol. The Labute approximate surface area is 137 Å². The van der Waals surface area contributed by atoms with Gasteiger partial charge in [0.15, 0.2) is 0 Å². The lowest BCUT2D eigenvalue weighted by Gasteiger charge is -2.08. The maximum atomic E-state index is 12.2. The zero-order chi connectivity index (χ0) is 16.9. The quantitative estimate of drug-likeness (QED) is 0.732. The molecule has 24 heavy (non-hydrogen) atoms. The van der Waals surface area contributed by atoms with E-state index >= 15 is 0 Å². The average Bonchev–Trinajstić information content (AvgIpc) is 3.12. The van der Waals surface area contributed by atoms with Gasteiger partial charge in [-0.25, -0.2) is 9.67 Å². The Kier molecular flexibility index (Phi) is 4.37. The number of hydrogen-bond donors (Lipinski definition) is 2. The Balaban J connectivity index is 1.74. The van der Waals surface area contributed by atoms with Gasteiger partial charge in [-0.3, -0.25) is 14.6 Å². The summed E-state index contributed by atoms with van der Waals surface area (Å²) in [4.78, 5) is 30.9. The van der Waals surface area contributed by atoms with Crippen LogP contribution in [0.5, 0.6) is 5.75 Å². The Morgan fingerprint density at radius 2 is 2.17 bits per heavy atom. The topological polar surface area (TPSA) is 102 Å². The largest absolute Gasteiger partial charge is 0.496 e. The highest BCUT2D eigenvalue weighted by atomic mass is 16.5. The molecule has 0 spiro atoms. The molecule has 2 aromatic heterocycles. The van der Waals surface area contributed by atoms with Crippen LogP contribution in [-0.4, -0.2) is 32.8 Å². The fourth-order valence-corrected chi connectivity index (χ4v) is 2.20. The number of carbonyl (C=O) groups excluding carboxylic acids is 1. The lowest BCUT2D eigenvalue weighted by molar-refractivity contribution is -0.115. The normalized spacial score (nSPS) is 10.4. The molecule has 0 aliphatic heterocycles. The predicted octanol–water partition coefficient (Wildman–Crippen LogP) is 1.15. The van der Waals surface area contributed by atoms with Crippen molar-refractivity contribution in [3.63, 3.8) is 0 Å². The standard InChI is InChI=1S/C16H15N5O3/c1-24-13-6-3-2-5-11(13)9-14(22)19-12-10-17-16(20-15(12)23)21-8-4-7-18-21/h2-8,10H,9H2,1H3,(H,19,22)(H,17,20,23). The molecule has 1 aromatic carbocycles. The highest BCUT2D eigenvalue weighted by molar-refractivity contribution is 5.92. The molecule has 0 bridgehead atoms. The number of ether oxygens (including phenoxy) is 1. The van der Waals surface area contributed by atoms with Crippen LogP contribution in [0.3, 0.4) is 0 Å². The molecule has 0 aliphatic carbocycles. The molecule has 0 unspecified atom stereocenters. The van der Waals surface area contributed by atoms with E-state index in [0.29, 0.717) is 5.75 Å². The van der Waals surface area contributed by atoms with Crippen LogP contribution in [0, 0.1) is 0 Å². The number of para-hydroxylation sites is 1. The number of benzene rings is 1. The van der Waals surface area contributed by atoms with E-state index in [0.717, 1.165) is 5.56 Å². The van der Waals surface area contributed by atoms with E-state index in [-0.39, 0.29) is 24.0 Å². The summed E-state index contributed by atoms with van der Waals surface area (Å²) in [6.07, 6.45) is 4.61. The first-order valence-electron chi connectivity index (χ1n) is 7.18. The van der Waals surface area contributed by atoms with Gasteiger partial charge in [0.1, 0.15) is 11.4 Å². The number of rotatable bonds is 5. The van der Waals surface area contributed by atoms with Gasteiger partial charge in [0.25, 0.3) is 5.56 Å². The summed E-state index contributed by atoms with van der Waals surface area (Å²) >= 11 is 0. The van der Waals surface area contributed by atoms with Crippen LogP contribution in [0.4, 0.5) is 5.69 Å². The zero-order valence-electron chi connectivity index (χ0n) is 12.9. The first-order valence-corrected chi connectivity index (χ1v) is 7.18. The van der Waals surface area contributed by atoms with E-state index in [1.54, 1.807) is 37.7 Å². The summed E-state index contributed by atoms with van der Waals surface area (Å²) in [6, 6.07) is 8.92. The molecule has 1 amide bonds. The maximum Gasteiger partial charge on any atom is 0.276 e. The molecule has 8 nitrogen and oxygen atoms in total. The second-order valence-electron chi connectivity index (χ2n) is 4.94. The van der Waals surface area contributed by atoms with Crippen molar-refractivity contribution in [2.75, 3.05) is 12.4 Å². The van der Waals surface area contributed by atoms with E-state index in [4.69, 9.17) is 4.74 Å². The minimum Gasteiger partial charge on any atom is -0.496 e. The molecule has 0 radical (unpaired) electrons. The number of aromatic nitrogens is 4. The van der Waals surface area contributed by atoms with Crippen molar-refractivity contribution < 1.29 is 9.53 Å². The number of methoxy groups -OCH3 is 1. The third-order valence-corrected chi connectivity index (χ3v) is 3.32. The van der Waals surface area contributed by atoms with Crippen molar-refractivity contribution >= 4 is 11.6 Å². The number of H-pyrrole nitrogens is 1. The highest BCUT2D eigenvalue weighted by Crippen LogP contribution is 2.18. The summed E-state index contributed by atoms with van der Waals surface area (Å²) in [5.41, 5.74) is 0.352. The van der Waals surface area contributed by atoms with Gasteiger partial charge in [-0.15, -0.1) is 0 Å². The number of nitrogens with one attached hydrogen (secondary N) is 2. The third kappa shape index (κ3) is 3.32. The molecule has 122 valence electrons. The lowest BCUT2D eigenvalue weighted by Crippen LogP contribution is -2.23. The highest BCUT2D eigenvalue weighted by Gasteiger charge is 2.11. The van der Waals surface area contributed by atoms with Crippen LogP contribution in [0.2, 0.25) is 0 Å². The molecule has 0 saturated heterocycles. The van der Waals surface area contributed by atoms with Crippen LogP contribution in [0.25, 0.3) is 5.95 Å². The van der Waals surface area contributed by atoms with Gasteiger partial charge in [-0.1, -0.05) is 18.2 Å². The minimum atomic E-state index is -0.455. The summed E-state index contributed by atoms with van der Waals surface area (Å²) in [6.45, 7) is 0. The molecule has 3 aromatic rings. The van der Waals surface area contributed by atoms with Crippen molar-refractivity contribution in [1.29, 1.82) is 0 Å². The molecule has 8 heteroatoms. The lowest BCUT2D eigenvalue weighted by atomic mass is 10.1. The Morgan fingerprint density at radius 1 is 1.33 bits per heavy atom. The van der Waals surface area contributed by atoms with Crippen molar-refractivity contribution in [3.05, 3.63) is 64.8 Å². The second kappa shape index (κ2) is 6.78. The number of amides is 1. The average molecular weight is 325 g/mol. The molecule has 3 rings (SSSR count). The van der Waals surface area contributed by atoms with E-state index in [2.05, 4.69) is 20.4 Å². The smallest absolute Gasteiger partial charge is 0.276 e. The molecule has 0 atom stereocenters. The van der Waals surface area contributed by atoms with Gasteiger partial charge < -0.3 is 10.1 Å². The summed E-state index contributed by atoms with van der Waals surface area (Å²) in [5, 5.41) is 6.53. The van der Waals surface area contributed by atoms with Gasteiger partial charge >= 0.3 is 0 Å². The Hall–Kier alpha value is -3.42. The van der Waals surface area contributed by atoms with E-state index in [1.165, 1.54) is 10.9 Å². The molecular weight excluding hydrogens is 310 g/mol. The van der Waals surface area contributed by atoms with Gasteiger partial charge in [0.05, 0.1) is 19.7 Å². The van der Waals surface area contributed by atoms with Crippen LogP contribution in [-0.2, 0) is 11.2 Å². The molecule has 2 N–H and O–H groups in total. The molecule has 2 heterocycles. The van der Waals surface area contributed by atoms with E-state index in [1.807, 2.05) is 12.1 Å². The first-order chi connectivity index (χ1) is 11.7. The Morgan fingerprint density at radius 3 is 2.88 bits per heavy atom. The summed E-state index contributed by atoms with van der Waals surface area (Å²) in [7, 11) is 1.54. The van der Waals surface area contributed by atoms with Crippen LogP contribution < -0.4 is 15.6 Å². The van der Waals surface area contributed by atoms with Gasteiger partial charge in [-0.05, 0) is 12.1 Å². The van der Waals surface area contributed by atoms with Crippen molar-refractivity contribution in [2.45, 2.75) is 6.42 Å². The zero-order valence-corrected chi connectivity index (χ0v) is 12.9. The number of carbonyl (C=O) groups is 1. The number of hydrogen-bond acceptors (Lipinski definition) is 5. The number of aromatic amines is 1. The number of anilines is 1. The van der Waals surface area contributed by atoms with E-state index < -0.39 is 5.56 Å². The SMILES string of the molecule is COc1ccccc1CC(=O)Nc1cnc(-n2cccn2)[nH]c1=O. The fourth-order valence-electron chi connectivity index (χ4n) is 2.20. The molecular formula is C16H15N5O3. The maximum absolute atomic E-state index is 12.2. The minimum absolute atomic E-state index is 0.0748. The fraction of sp³-hybridized carbons (Fsp3) is 0.125. The van der Waals surface area contributed by atoms with Gasteiger partial charge in [0.2, 0.25) is 11.9 Å². The summed E-state index contributed by atoms with van der Waals surface area (Å²) in [5.74, 6) is 0.556. The van der Waals surface area contributed by atoms with Crippen molar-refractivity contribution in [2.24, 2.45) is 0 Å². The first kappa shape index (κ1) is 15.5. The second-order valence-corrected chi connectivity index (χ2v) is 4.94. The van der Waals surface area contributed by atoms with Crippen molar-refractivity contribution in [3.8, 4) is 11.7 Å². The van der Waals surface area contributed by atoms with Crippen molar-refractivity contribution in [1.82, 2.24) is 19.7 Å². The summed E-state index contributed by atoms with van der Waals surface area (Å²) < 4.78 is 6.63. The number of nitrogens with zero attached hydrogens (tertiary/aromatic N) is 3. The van der Waals surface area contributed by atoms with Gasteiger partial charge in [0, 0.05) is 18.0 Å². The van der Waals surface area contributed by atoms with E-state index in [9.17, 15) is 9.59 Å². The third-order valence-electron chi connectivity index (χ3n) is 3.32. The van der Waals surface area contributed by atoms with Gasteiger partial charge in [-0.2, -0.15) is 5.10 Å². The predicted molar refractivity (Wildman–Crippen MR) is 87.3 cm³/mol.